The Morgan fingerprint density at radius 1 is 1.28 bits per heavy atom. The van der Waals surface area contributed by atoms with E-state index in [0.29, 0.717) is 18.5 Å². The van der Waals surface area contributed by atoms with Gasteiger partial charge in [-0.05, 0) is 25.8 Å². The molecule has 1 aromatic carbocycles. The van der Waals surface area contributed by atoms with Crippen molar-refractivity contribution in [3.05, 3.63) is 47.2 Å². The van der Waals surface area contributed by atoms with Crippen LogP contribution in [0.3, 0.4) is 0 Å². The van der Waals surface area contributed by atoms with Crippen molar-refractivity contribution >= 4 is 0 Å². The van der Waals surface area contributed by atoms with Crippen molar-refractivity contribution in [1.29, 1.82) is 0 Å². The van der Waals surface area contributed by atoms with Crippen LogP contribution in [0.4, 0.5) is 0 Å². The Bertz CT molecular complexity index is 423. The van der Waals surface area contributed by atoms with Gasteiger partial charge < -0.3 is 15.2 Å². The third-order valence-corrected chi connectivity index (χ3v) is 3.24. The van der Waals surface area contributed by atoms with Gasteiger partial charge >= 0.3 is 0 Å². The number of aryl methyl sites for hydroxylation is 2. The Hall–Kier alpha value is -1.32. The van der Waals surface area contributed by atoms with Crippen LogP contribution in [0, 0.1) is 13.8 Å². The lowest BCUT2D eigenvalue weighted by Crippen LogP contribution is -2.32. The smallest absolute Gasteiger partial charge is 0.194 e. The van der Waals surface area contributed by atoms with Gasteiger partial charge in [0.2, 0.25) is 0 Å². The molecule has 1 aromatic rings. The van der Waals surface area contributed by atoms with Crippen molar-refractivity contribution in [2.75, 3.05) is 14.2 Å². The molecule has 0 aliphatic heterocycles. The third kappa shape index (κ3) is 3.12. The van der Waals surface area contributed by atoms with Crippen LogP contribution in [0.15, 0.2) is 30.5 Å². The minimum atomic E-state index is -0.752. The molecule has 0 aliphatic carbocycles. The summed E-state index contributed by atoms with van der Waals surface area (Å²) in [6.45, 7) is 7.84. The molecular weight excluding hydrogens is 226 g/mol. The van der Waals surface area contributed by atoms with E-state index in [1.807, 2.05) is 0 Å². The summed E-state index contributed by atoms with van der Waals surface area (Å²) in [5.74, 6) is -0.752. The van der Waals surface area contributed by atoms with Crippen LogP contribution >= 0.6 is 0 Å². The lowest BCUT2D eigenvalue weighted by molar-refractivity contribution is -0.220. The number of allylic oxidation sites excluding steroid dienone is 1. The first-order chi connectivity index (χ1) is 8.45. The highest BCUT2D eigenvalue weighted by Crippen LogP contribution is 2.34. The molecule has 2 N–H and O–H groups in total. The van der Waals surface area contributed by atoms with Gasteiger partial charge in [-0.3, -0.25) is 0 Å². The van der Waals surface area contributed by atoms with Crippen LogP contribution in [0.1, 0.15) is 29.5 Å². The van der Waals surface area contributed by atoms with Gasteiger partial charge in [-0.2, -0.15) is 0 Å². The monoisotopic (exact) mass is 249 g/mol. The predicted molar refractivity (Wildman–Crippen MR) is 74.2 cm³/mol. The quantitative estimate of drug-likeness (QED) is 0.788. The zero-order valence-corrected chi connectivity index (χ0v) is 11.7. The molecule has 3 heteroatoms. The van der Waals surface area contributed by atoms with Crippen molar-refractivity contribution in [1.82, 2.24) is 0 Å². The molecule has 0 atom stereocenters. The van der Waals surface area contributed by atoms with Crippen molar-refractivity contribution in [3.8, 4) is 0 Å². The van der Waals surface area contributed by atoms with Crippen molar-refractivity contribution in [2.24, 2.45) is 5.73 Å². The summed E-state index contributed by atoms with van der Waals surface area (Å²) in [6.07, 6.45) is 1.31. The van der Waals surface area contributed by atoms with Gasteiger partial charge in [-0.15, -0.1) is 0 Å². The van der Waals surface area contributed by atoms with Crippen LogP contribution in [0.5, 0.6) is 0 Å². The SMILES string of the molecule is C=C(N)CCC(OC)(OC)c1cc(C)ccc1C. The zero-order chi connectivity index (χ0) is 13.8. The summed E-state index contributed by atoms with van der Waals surface area (Å²) in [5.41, 5.74) is 9.66. The van der Waals surface area contributed by atoms with E-state index in [4.69, 9.17) is 15.2 Å². The normalized spacial score (nSPS) is 11.6. The van der Waals surface area contributed by atoms with E-state index in [0.717, 1.165) is 11.1 Å². The van der Waals surface area contributed by atoms with Gasteiger partial charge in [0, 0.05) is 31.9 Å². The van der Waals surface area contributed by atoms with Crippen LogP contribution in [0.25, 0.3) is 0 Å². The van der Waals surface area contributed by atoms with Gasteiger partial charge in [-0.1, -0.05) is 30.3 Å². The van der Waals surface area contributed by atoms with E-state index in [-0.39, 0.29) is 0 Å². The van der Waals surface area contributed by atoms with Gasteiger partial charge in [0.25, 0.3) is 0 Å². The summed E-state index contributed by atoms with van der Waals surface area (Å²) in [6, 6.07) is 6.26. The molecule has 0 radical (unpaired) electrons. The van der Waals surface area contributed by atoms with E-state index in [2.05, 4.69) is 38.6 Å². The molecular formula is C15H23NO2. The first kappa shape index (κ1) is 14.7. The number of ether oxygens (including phenoxy) is 2. The molecule has 0 fully saturated rings. The fourth-order valence-electron chi connectivity index (χ4n) is 2.11. The van der Waals surface area contributed by atoms with E-state index in [1.54, 1.807) is 14.2 Å². The highest BCUT2D eigenvalue weighted by Gasteiger charge is 2.33. The number of benzene rings is 1. The highest BCUT2D eigenvalue weighted by molar-refractivity contribution is 5.34. The molecule has 0 unspecified atom stereocenters. The van der Waals surface area contributed by atoms with Crippen molar-refractivity contribution in [3.63, 3.8) is 0 Å². The maximum absolute atomic E-state index is 5.65. The zero-order valence-electron chi connectivity index (χ0n) is 11.7. The maximum Gasteiger partial charge on any atom is 0.194 e. The van der Waals surface area contributed by atoms with Crippen molar-refractivity contribution in [2.45, 2.75) is 32.5 Å². The Morgan fingerprint density at radius 3 is 2.39 bits per heavy atom. The fourth-order valence-corrected chi connectivity index (χ4v) is 2.11. The number of rotatable bonds is 6. The summed E-state index contributed by atoms with van der Waals surface area (Å²) < 4.78 is 11.3. The molecule has 18 heavy (non-hydrogen) atoms. The van der Waals surface area contributed by atoms with E-state index < -0.39 is 5.79 Å². The first-order valence-electron chi connectivity index (χ1n) is 6.06. The number of methoxy groups -OCH3 is 2. The van der Waals surface area contributed by atoms with Gasteiger partial charge in [0.15, 0.2) is 5.79 Å². The molecule has 3 nitrogen and oxygen atoms in total. The number of hydrogen-bond donors (Lipinski definition) is 1. The second-order valence-corrected chi connectivity index (χ2v) is 4.64. The minimum Gasteiger partial charge on any atom is -0.403 e. The average molecular weight is 249 g/mol. The molecule has 0 heterocycles. The van der Waals surface area contributed by atoms with E-state index in [9.17, 15) is 0 Å². The summed E-state index contributed by atoms with van der Waals surface area (Å²) in [7, 11) is 3.31. The topological polar surface area (TPSA) is 44.5 Å². The number of nitrogens with two attached hydrogens (primary N) is 1. The largest absolute Gasteiger partial charge is 0.403 e. The molecule has 0 saturated carbocycles. The Balaban J connectivity index is 3.16. The Labute approximate surface area is 110 Å². The maximum atomic E-state index is 5.65. The van der Waals surface area contributed by atoms with Gasteiger partial charge in [-0.25, -0.2) is 0 Å². The highest BCUT2D eigenvalue weighted by atomic mass is 16.7. The summed E-state index contributed by atoms with van der Waals surface area (Å²) in [5, 5.41) is 0. The van der Waals surface area contributed by atoms with Crippen LogP contribution in [-0.2, 0) is 15.3 Å². The third-order valence-electron chi connectivity index (χ3n) is 3.24. The first-order valence-corrected chi connectivity index (χ1v) is 6.06. The Morgan fingerprint density at radius 2 is 1.89 bits per heavy atom. The van der Waals surface area contributed by atoms with Gasteiger partial charge in [0.05, 0.1) is 0 Å². The van der Waals surface area contributed by atoms with E-state index in [1.165, 1.54) is 5.56 Å². The summed E-state index contributed by atoms with van der Waals surface area (Å²) in [4.78, 5) is 0. The van der Waals surface area contributed by atoms with Crippen molar-refractivity contribution < 1.29 is 9.47 Å². The standard InChI is InChI=1S/C15H23NO2/c1-11-6-7-12(2)14(10-11)15(17-4,18-5)9-8-13(3)16/h6-7,10H,3,8-9,16H2,1-2,4-5H3. The predicted octanol–water partition coefficient (Wildman–Crippen LogP) is 3.00. The Kier molecular flexibility index (Phi) is 4.93. The second-order valence-electron chi connectivity index (χ2n) is 4.64. The van der Waals surface area contributed by atoms with Crippen LogP contribution in [-0.4, -0.2) is 14.2 Å². The minimum absolute atomic E-state index is 0.638. The molecule has 0 saturated heterocycles. The summed E-state index contributed by atoms with van der Waals surface area (Å²) >= 11 is 0. The van der Waals surface area contributed by atoms with E-state index >= 15 is 0 Å². The molecule has 0 bridgehead atoms. The lowest BCUT2D eigenvalue weighted by Gasteiger charge is -2.33. The molecule has 0 aliphatic rings. The van der Waals surface area contributed by atoms with Crippen LogP contribution in [0.2, 0.25) is 0 Å². The molecule has 0 amide bonds. The molecule has 0 spiro atoms. The molecule has 1 rings (SSSR count). The average Bonchev–Trinajstić information content (AvgIpc) is 2.35. The molecule has 0 aromatic heterocycles. The number of hydrogen-bond acceptors (Lipinski definition) is 3. The lowest BCUT2D eigenvalue weighted by atomic mass is 9.94. The molecule has 100 valence electrons. The van der Waals surface area contributed by atoms with Gasteiger partial charge in [0.1, 0.15) is 0 Å². The van der Waals surface area contributed by atoms with Crippen LogP contribution < -0.4 is 5.73 Å². The second kappa shape index (κ2) is 6.03. The fraction of sp³-hybridized carbons (Fsp3) is 0.467.